The van der Waals surface area contributed by atoms with E-state index in [1.165, 1.54) is 17.4 Å². The van der Waals surface area contributed by atoms with Crippen LogP contribution in [-0.4, -0.2) is 58.3 Å². The molecule has 1 atom stereocenters. The molecule has 0 spiro atoms. The van der Waals surface area contributed by atoms with Crippen molar-refractivity contribution >= 4 is 50.3 Å². The maximum Gasteiger partial charge on any atom is 0.410 e. The molecule has 0 bridgehead atoms. The molecule has 1 aromatic heterocycles. The van der Waals surface area contributed by atoms with Gasteiger partial charge in [-0.3, -0.25) is 0 Å². The van der Waals surface area contributed by atoms with Gasteiger partial charge in [0.25, 0.3) is 0 Å². The summed E-state index contributed by atoms with van der Waals surface area (Å²) in [5, 5.41) is 10.3. The molecule has 1 unspecified atom stereocenters. The Bertz CT molecular complexity index is 893. The first-order chi connectivity index (χ1) is 12.5. The van der Waals surface area contributed by atoms with Gasteiger partial charge in [-0.2, -0.15) is 0 Å². The predicted molar refractivity (Wildman–Crippen MR) is 106 cm³/mol. The molecule has 7 nitrogen and oxygen atoms in total. The summed E-state index contributed by atoms with van der Waals surface area (Å²) in [6.07, 6.45) is -0.313. The highest BCUT2D eigenvalue weighted by molar-refractivity contribution is 7.22. The predicted octanol–water partition coefficient (Wildman–Crippen LogP) is 4.09. The fourth-order valence-corrected chi connectivity index (χ4v) is 4.44. The summed E-state index contributed by atoms with van der Waals surface area (Å²) in [6, 6.07) is 3.05. The number of halogens is 1. The van der Waals surface area contributed by atoms with Gasteiger partial charge in [0.1, 0.15) is 11.1 Å². The van der Waals surface area contributed by atoms with Crippen molar-refractivity contribution in [2.24, 2.45) is 0 Å². The molecule has 146 valence electrons. The number of thiazole rings is 1. The first kappa shape index (κ1) is 19.7. The van der Waals surface area contributed by atoms with Crippen LogP contribution in [0.3, 0.4) is 0 Å². The van der Waals surface area contributed by atoms with E-state index >= 15 is 0 Å². The number of ether oxygens (including phenoxy) is 1. The second-order valence-electron chi connectivity index (χ2n) is 7.58. The van der Waals surface area contributed by atoms with E-state index < -0.39 is 11.6 Å². The zero-order valence-corrected chi connectivity index (χ0v) is 17.2. The zero-order valence-electron chi connectivity index (χ0n) is 15.7. The molecule has 1 fully saturated rings. The first-order valence-corrected chi connectivity index (χ1v) is 9.82. The van der Waals surface area contributed by atoms with Crippen LogP contribution in [0.4, 0.5) is 9.93 Å². The summed E-state index contributed by atoms with van der Waals surface area (Å²) >= 11 is 7.62. The molecule has 9 heteroatoms. The van der Waals surface area contributed by atoms with E-state index in [1.54, 1.807) is 11.0 Å². The molecule has 0 saturated carbocycles. The second-order valence-corrected chi connectivity index (χ2v) is 8.99. The number of piperazine rings is 1. The smallest absolute Gasteiger partial charge is 0.410 e. The van der Waals surface area contributed by atoms with E-state index in [1.807, 2.05) is 27.7 Å². The highest BCUT2D eigenvalue weighted by atomic mass is 35.5. The fourth-order valence-electron chi connectivity index (χ4n) is 2.96. The molecule has 1 aliphatic heterocycles. The van der Waals surface area contributed by atoms with Crippen molar-refractivity contribution in [1.29, 1.82) is 0 Å². The molecule has 0 aliphatic carbocycles. The number of nitrogens with zero attached hydrogens (tertiary/aromatic N) is 3. The van der Waals surface area contributed by atoms with Gasteiger partial charge < -0.3 is 19.6 Å². The van der Waals surface area contributed by atoms with Crippen molar-refractivity contribution in [2.45, 2.75) is 39.3 Å². The van der Waals surface area contributed by atoms with Gasteiger partial charge in [0.05, 0.1) is 15.3 Å². The van der Waals surface area contributed by atoms with E-state index in [-0.39, 0.29) is 17.7 Å². The van der Waals surface area contributed by atoms with Gasteiger partial charge in [-0.15, -0.1) is 0 Å². The Morgan fingerprint density at radius 2 is 2.04 bits per heavy atom. The van der Waals surface area contributed by atoms with Crippen molar-refractivity contribution in [2.75, 3.05) is 24.5 Å². The van der Waals surface area contributed by atoms with Crippen molar-refractivity contribution in [1.82, 2.24) is 9.88 Å². The van der Waals surface area contributed by atoms with Crippen LogP contribution < -0.4 is 4.90 Å². The molecular formula is C18H22ClN3O4S. The SMILES string of the molecule is CC1CN(C(=O)OC(C)(C)C)CCN1c1nc2c(Cl)cc(C(=O)O)cc2s1. The van der Waals surface area contributed by atoms with Gasteiger partial charge in [-0.25, -0.2) is 14.6 Å². The van der Waals surface area contributed by atoms with Crippen LogP contribution >= 0.6 is 22.9 Å². The average Bonchev–Trinajstić information content (AvgIpc) is 2.97. The molecule has 3 rings (SSSR count). The van der Waals surface area contributed by atoms with Gasteiger partial charge >= 0.3 is 12.1 Å². The van der Waals surface area contributed by atoms with Crippen molar-refractivity contribution in [3.8, 4) is 0 Å². The molecular weight excluding hydrogens is 390 g/mol. The molecule has 1 aliphatic rings. The lowest BCUT2D eigenvalue weighted by Gasteiger charge is -2.40. The Morgan fingerprint density at radius 1 is 1.33 bits per heavy atom. The standard InChI is InChI=1S/C18H22ClN3O4S/c1-10-9-21(17(25)26-18(2,3)4)5-6-22(10)16-20-14-12(19)7-11(15(23)24)8-13(14)27-16/h7-8,10H,5-6,9H2,1-4H3,(H,23,24). The number of fused-ring (bicyclic) bond motifs is 1. The number of hydrogen-bond donors (Lipinski definition) is 1. The topological polar surface area (TPSA) is 83.0 Å². The number of aromatic nitrogens is 1. The minimum Gasteiger partial charge on any atom is -0.478 e. The Hall–Kier alpha value is -2.06. The normalized spacial score (nSPS) is 18.0. The lowest BCUT2D eigenvalue weighted by Crippen LogP contribution is -2.54. The van der Waals surface area contributed by atoms with E-state index in [0.29, 0.717) is 30.2 Å². The number of rotatable bonds is 2. The van der Waals surface area contributed by atoms with Crippen LogP contribution in [0.15, 0.2) is 12.1 Å². The first-order valence-electron chi connectivity index (χ1n) is 8.63. The van der Waals surface area contributed by atoms with Gasteiger partial charge in [0.2, 0.25) is 0 Å². The van der Waals surface area contributed by atoms with E-state index in [2.05, 4.69) is 9.88 Å². The Morgan fingerprint density at radius 3 is 2.63 bits per heavy atom. The minimum atomic E-state index is -1.02. The van der Waals surface area contributed by atoms with Crippen molar-refractivity contribution in [3.05, 3.63) is 22.7 Å². The summed E-state index contributed by atoms with van der Waals surface area (Å²) in [4.78, 5) is 31.9. The van der Waals surface area contributed by atoms with Crippen molar-refractivity contribution in [3.63, 3.8) is 0 Å². The number of anilines is 1. The number of carbonyl (C=O) groups is 2. The minimum absolute atomic E-state index is 0.0459. The second kappa shape index (κ2) is 7.16. The van der Waals surface area contributed by atoms with Crippen LogP contribution in [0.5, 0.6) is 0 Å². The lowest BCUT2D eigenvalue weighted by molar-refractivity contribution is 0.0218. The third kappa shape index (κ3) is 4.27. The number of carboxylic acid groups (broad SMARTS) is 1. The van der Waals surface area contributed by atoms with Gasteiger partial charge in [-0.05, 0) is 39.8 Å². The largest absolute Gasteiger partial charge is 0.478 e. The number of aromatic carboxylic acids is 1. The highest BCUT2D eigenvalue weighted by Crippen LogP contribution is 2.35. The summed E-state index contributed by atoms with van der Waals surface area (Å²) in [5.41, 5.74) is 0.220. The molecule has 1 aromatic carbocycles. The van der Waals surface area contributed by atoms with E-state index in [9.17, 15) is 14.7 Å². The summed E-state index contributed by atoms with van der Waals surface area (Å²) in [5.74, 6) is -1.02. The maximum absolute atomic E-state index is 12.3. The van der Waals surface area contributed by atoms with Crippen LogP contribution in [0.25, 0.3) is 10.2 Å². The van der Waals surface area contributed by atoms with Crippen LogP contribution in [0.2, 0.25) is 5.02 Å². The Kier molecular flexibility index (Phi) is 5.22. The number of carbonyl (C=O) groups excluding carboxylic acids is 1. The van der Waals surface area contributed by atoms with Crippen LogP contribution in [0.1, 0.15) is 38.1 Å². The fraction of sp³-hybridized carbons (Fsp3) is 0.500. The summed E-state index contributed by atoms with van der Waals surface area (Å²) in [6.45, 7) is 9.24. The average molecular weight is 412 g/mol. The Labute approximate surface area is 166 Å². The molecule has 2 heterocycles. The molecule has 27 heavy (non-hydrogen) atoms. The third-order valence-electron chi connectivity index (χ3n) is 4.21. The van der Waals surface area contributed by atoms with Crippen LogP contribution in [-0.2, 0) is 4.74 Å². The number of carboxylic acids is 1. The quantitative estimate of drug-likeness (QED) is 0.801. The lowest BCUT2D eigenvalue weighted by atomic mass is 10.2. The molecule has 1 amide bonds. The molecule has 1 saturated heterocycles. The van der Waals surface area contributed by atoms with Gasteiger partial charge in [0.15, 0.2) is 5.13 Å². The number of amides is 1. The molecule has 1 N–H and O–H groups in total. The Balaban J connectivity index is 1.79. The molecule has 2 aromatic rings. The van der Waals surface area contributed by atoms with Crippen LogP contribution in [0, 0.1) is 0 Å². The highest BCUT2D eigenvalue weighted by Gasteiger charge is 2.31. The van der Waals surface area contributed by atoms with Crippen molar-refractivity contribution < 1.29 is 19.4 Å². The summed E-state index contributed by atoms with van der Waals surface area (Å²) in [7, 11) is 0. The monoisotopic (exact) mass is 411 g/mol. The third-order valence-corrected chi connectivity index (χ3v) is 5.54. The number of hydrogen-bond acceptors (Lipinski definition) is 6. The van der Waals surface area contributed by atoms with E-state index in [4.69, 9.17) is 16.3 Å². The zero-order chi connectivity index (χ0) is 19.9. The van der Waals surface area contributed by atoms with Gasteiger partial charge in [-0.1, -0.05) is 22.9 Å². The van der Waals surface area contributed by atoms with E-state index in [0.717, 1.165) is 9.83 Å². The molecule has 0 radical (unpaired) electrons. The maximum atomic E-state index is 12.3. The summed E-state index contributed by atoms with van der Waals surface area (Å²) < 4.78 is 6.18. The number of benzene rings is 1. The van der Waals surface area contributed by atoms with Gasteiger partial charge in [0, 0.05) is 25.7 Å².